The Bertz CT molecular complexity index is 636. The Morgan fingerprint density at radius 2 is 1.74 bits per heavy atom. The standard InChI is InChI=1S/C19H28N4O2.2ClH/c20-15-5-3-4-14(15)12-18(24)22-16-6-1-2-7-17(16)23-10-8-13(9-11-23)19(21)25;;/h1-2,6-7,13-15H,3-5,8-12,20H2,(H2,21,25)(H,22,24);2*1H/t14-,15+;;/m0../s1. The van der Waals surface area contributed by atoms with Crippen LogP contribution in [0.5, 0.6) is 0 Å². The van der Waals surface area contributed by atoms with Gasteiger partial charge in [-0.25, -0.2) is 0 Å². The van der Waals surface area contributed by atoms with Crippen LogP contribution in [0, 0.1) is 11.8 Å². The van der Waals surface area contributed by atoms with Gasteiger partial charge in [-0.05, 0) is 43.7 Å². The predicted molar refractivity (Wildman–Crippen MR) is 114 cm³/mol. The number of halogens is 2. The third-order valence-electron chi connectivity index (χ3n) is 5.58. The molecule has 3 rings (SSSR count). The molecule has 1 aromatic carbocycles. The lowest BCUT2D eigenvalue weighted by Gasteiger charge is -2.33. The summed E-state index contributed by atoms with van der Waals surface area (Å²) in [6, 6.07) is 7.99. The number of benzene rings is 1. The van der Waals surface area contributed by atoms with Gasteiger partial charge in [0.05, 0.1) is 11.4 Å². The number of nitrogens with zero attached hydrogens (tertiary/aromatic N) is 1. The number of anilines is 2. The molecule has 1 aromatic rings. The molecule has 2 amide bonds. The number of carbonyl (C=O) groups excluding carboxylic acids is 2. The molecule has 5 N–H and O–H groups in total. The molecule has 0 aromatic heterocycles. The van der Waals surface area contributed by atoms with E-state index < -0.39 is 0 Å². The van der Waals surface area contributed by atoms with Crippen molar-refractivity contribution in [2.24, 2.45) is 23.3 Å². The van der Waals surface area contributed by atoms with E-state index >= 15 is 0 Å². The van der Waals surface area contributed by atoms with Crippen LogP contribution in [0.4, 0.5) is 11.4 Å². The summed E-state index contributed by atoms with van der Waals surface area (Å²) < 4.78 is 0. The first-order chi connectivity index (χ1) is 12.0. The van der Waals surface area contributed by atoms with Crippen LogP contribution in [-0.4, -0.2) is 30.9 Å². The molecule has 1 aliphatic carbocycles. The van der Waals surface area contributed by atoms with Crippen molar-refractivity contribution in [1.29, 1.82) is 0 Å². The Kier molecular flexibility index (Phi) is 9.36. The largest absolute Gasteiger partial charge is 0.370 e. The maximum absolute atomic E-state index is 12.4. The lowest BCUT2D eigenvalue weighted by molar-refractivity contribution is -0.122. The van der Waals surface area contributed by atoms with Gasteiger partial charge in [0.25, 0.3) is 0 Å². The molecule has 152 valence electrons. The van der Waals surface area contributed by atoms with E-state index in [0.717, 1.165) is 56.6 Å². The molecule has 8 heteroatoms. The molecule has 1 saturated heterocycles. The third-order valence-corrected chi connectivity index (χ3v) is 5.58. The van der Waals surface area contributed by atoms with E-state index in [4.69, 9.17) is 11.5 Å². The third kappa shape index (κ3) is 5.99. The van der Waals surface area contributed by atoms with Crippen LogP contribution in [0.15, 0.2) is 24.3 Å². The normalized spacial score (nSPS) is 22.5. The summed E-state index contributed by atoms with van der Waals surface area (Å²) in [5, 5.41) is 3.06. The summed E-state index contributed by atoms with van der Waals surface area (Å²) in [6.45, 7) is 1.54. The molecule has 2 atom stereocenters. The van der Waals surface area contributed by atoms with Crippen LogP contribution in [0.3, 0.4) is 0 Å². The SMILES string of the molecule is Cl.Cl.NC(=O)C1CCN(c2ccccc2NC(=O)C[C@@H]2CCC[C@H]2N)CC1. The second-order valence-electron chi connectivity index (χ2n) is 7.29. The zero-order valence-corrected chi connectivity index (χ0v) is 17.1. The van der Waals surface area contributed by atoms with Crippen LogP contribution in [0.2, 0.25) is 0 Å². The highest BCUT2D eigenvalue weighted by Crippen LogP contribution is 2.31. The fourth-order valence-electron chi connectivity index (χ4n) is 4.02. The highest BCUT2D eigenvalue weighted by Gasteiger charge is 2.27. The summed E-state index contributed by atoms with van der Waals surface area (Å²) in [5.41, 5.74) is 13.3. The lowest BCUT2D eigenvalue weighted by atomic mass is 9.95. The number of amides is 2. The van der Waals surface area contributed by atoms with Crippen LogP contribution in [0.25, 0.3) is 0 Å². The van der Waals surface area contributed by atoms with Gasteiger partial charge in [0.15, 0.2) is 0 Å². The van der Waals surface area contributed by atoms with E-state index in [9.17, 15) is 9.59 Å². The van der Waals surface area contributed by atoms with E-state index in [1.807, 2.05) is 24.3 Å². The van der Waals surface area contributed by atoms with Crippen molar-refractivity contribution in [1.82, 2.24) is 0 Å². The van der Waals surface area contributed by atoms with Gasteiger partial charge in [-0.2, -0.15) is 0 Å². The van der Waals surface area contributed by atoms with Crippen LogP contribution < -0.4 is 21.7 Å². The van der Waals surface area contributed by atoms with Gasteiger partial charge < -0.3 is 21.7 Å². The summed E-state index contributed by atoms with van der Waals surface area (Å²) in [5.74, 6) is 0.0660. The molecule has 1 saturated carbocycles. The van der Waals surface area contributed by atoms with Gasteiger partial charge in [-0.15, -0.1) is 24.8 Å². The highest BCUT2D eigenvalue weighted by molar-refractivity contribution is 5.94. The molecule has 2 fully saturated rings. The number of para-hydroxylation sites is 2. The maximum Gasteiger partial charge on any atom is 0.224 e. The van der Waals surface area contributed by atoms with E-state index in [1.54, 1.807) is 0 Å². The number of primary amides is 1. The lowest BCUT2D eigenvalue weighted by Crippen LogP contribution is -2.39. The van der Waals surface area contributed by atoms with Gasteiger partial charge in [0.2, 0.25) is 11.8 Å². The van der Waals surface area contributed by atoms with Crippen molar-refractivity contribution in [2.45, 2.75) is 44.6 Å². The number of hydrogen-bond donors (Lipinski definition) is 3. The Balaban J connectivity index is 0.00000182. The van der Waals surface area contributed by atoms with Gasteiger partial charge >= 0.3 is 0 Å². The molecule has 27 heavy (non-hydrogen) atoms. The smallest absolute Gasteiger partial charge is 0.224 e. The molecule has 2 aliphatic rings. The summed E-state index contributed by atoms with van der Waals surface area (Å²) in [4.78, 5) is 26.0. The number of nitrogens with two attached hydrogens (primary N) is 2. The molecule has 0 unspecified atom stereocenters. The van der Waals surface area contributed by atoms with Crippen LogP contribution in [0.1, 0.15) is 38.5 Å². The van der Waals surface area contributed by atoms with Crippen LogP contribution in [-0.2, 0) is 9.59 Å². The monoisotopic (exact) mass is 416 g/mol. The first-order valence-corrected chi connectivity index (χ1v) is 9.23. The van der Waals surface area contributed by atoms with Gasteiger partial charge in [0, 0.05) is 31.5 Å². The first kappa shape index (κ1) is 23.5. The van der Waals surface area contributed by atoms with Crippen LogP contribution >= 0.6 is 24.8 Å². The molecule has 0 radical (unpaired) electrons. The van der Waals surface area contributed by atoms with Crippen molar-refractivity contribution in [3.63, 3.8) is 0 Å². The highest BCUT2D eigenvalue weighted by atomic mass is 35.5. The quantitative estimate of drug-likeness (QED) is 0.686. The zero-order chi connectivity index (χ0) is 17.8. The Hall–Kier alpha value is -1.50. The van der Waals surface area contributed by atoms with E-state index in [-0.39, 0.29) is 48.6 Å². The second-order valence-corrected chi connectivity index (χ2v) is 7.29. The number of hydrogen-bond acceptors (Lipinski definition) is 4. The van der Waals surface area contributed by atoms with Crippen molar-refractivity contribution >= 4 is 48.0 Å². The Labute approximate surface area is 173 Å². The zero-order valence-electron chi connectivity index (χ0n) is 15.4. The average Bonchev–Trinajstić information content (AvgIpc) is 3.00. The maximum atomic E-state index is 12.4. The van der Waals surface area contributed by atoms with E-state index in [0.29, 0.717) is 12.3 Å². The molecular formula is C19H30Cl2N4O2. The van der Waals surface area contributed by atoms with Gasteiger partial charge in [-0.1, -0.05) is 18.6 Å². The molecule has 0 bridgehead atoms. The topological polar surface area (TPSA) is 101 Å². The Morgan fingerprint density at radius 3 is 2.33 bits per heavy atom. The van der Waals surface area contributed by atoms with Crippen molar-refractivity contribution in [3.05, 3.63) is 24.3 Å². The molecule has 6 nitrogen and oxygen atoms in total. The minimum absolute atomic E-state index is 0. The van der Waals surface area contributed by atoms with E-state index in [1.165, 1.54) is 0 Å². The fraction of sp³-hybridized carbons (Fsp3) is 0.579. The predicted octanol–water partition coefficient (Wildman–Crippen LogP) is 2.69. The summed E-state index contributed by atoms with van der Waals surface area (Å²) >= 11 is 0. The molecule has 0 spiro atoms. The molecular weight excluding hydrogens is 387 g/mol. The van der Waals surface area contributed by atoms with Crippen molar-refractivity contribution in [2.75, 3.05) is 23.3 Å². The minimum atomic E-state index is -0.214. The van der Waals surface area contributed by atoms with Crippen molar-refractivity contribution in [3.8, 4) is 0 Å². The molecule has 1 heterocycles. The number of piperidine rings is 1. The molecule has 1 aliphatic heterocycles. The van der Waals surface area contributed by atoms with Gasteiger partial charge in [-0.3, -0.25) is 9.59 Å². The fourth-order valence-corrected chi connectivity index (χ4v) is 4.02. The Morgan fingerprint density at radius 1 is 1.07 bits per heavy atom. The van der Waals surface area contributed by atoms with Gasteiger partial charge in [0.1, 0.15) is 0 Å². The number of rotatable bonds is 5. The summed E-state index contributed by atoms with van der Waals surface area (Å²) in [6.07, 6.45) is 5.17. The first-order valence-electron chi connectivity index (χ1n) is 9.23. The number of nitrogens with one attached hydrogen (secondary N) is 1. The summed E-state index contributed by atoms with van der Waals surface area (Å²) in [7, 11) is 0. The van der Waals surface area contributed by atoms with E-state index in [2.05, 4.69) is 10.2 Å². The van der Waals surface area contributed by atoms with Crippen molar-refractivity contribution < 1.29 is 9.59 Å². The minimum Gasteiger partial charge on any atom is -0.370 e. The number of carbonyl (C=O) groups is 2. The second kappa shape index (κ2) is 10.7. The average molecular weight is 417 g/mol.